The number of ether oxygens (including phenoxy) is 1. The molecule has 10 rings (SSSR count). The molecule has 0 radical (unpaired) electrons. The molecule has 0 aromatic heterocycles. The number of fused-ring (bicyclic) bond motifs is 7. The number of hydrogen-bond donors (Lipinski definition) is 0. The molecule has 0 bridgehead atoms. The molecule has 1 aliphatic carbocycles. The van der Waals surface area contributed by atoms with E-state index >= 15 is 0 Å². The van der Waals surface area contributed by atoms with Gasteiger partial charge < -0.3 is 4.74 Å². The second-order valence-electron chi connectivity index (χ2n) is 13.7. The fourth-order valence-electron chi connectivity index (χ4n) is 9.11. The molecule has 1 heteroatoms. The fraction of sp³-hybridized carbons (Fsp3) is 0.0612. The first-order chi connectivity index (χ1) is 24.7. The Morgan fingerprint density at radius 3 is 1.66 bits per heavy atom. The quantitative estimate of drug-likeness (QED) is 0.186. The molecule has 2 aliphatic rings. The maximum absolute atomic E-state index is 7.05. The first kappa shape index (κ1) is 28.8. The topological polar surface area (TPSA) is 9.23 Å². The van der Waals surface area contributed by atoms with Crippen molar-refractivity contribution < 1.29 is 4.74 Å². The van der Waals surface area contributed by atoms with E-state index in [1.54, 1.807) is 0 Å². The van der Waals surface area contributed by atoms with Crippen LogP contribution >= 0.6 is 0 Å². The van der Waals surface area contributed by atoms with Gasteiger partial charge >= 0.3 is 0 Å². The molecule has 0 spiro atoms. The molecule has 0 N–H and O–H groups in total. The van der Waals surface area contributed by atoms with Gasteiger partial charge in [-0.3, -0.25) is 0 Å². The summed E-state index contributed by atoms with van der Waals surface area (Å²) in [7, 11) is 0. The standard InChI is InChI=1S/C49H34O/c1-48(34-18-4-2-5-19-34)43-28-14-15-30-45(43)50-47-40(25-16-29-44(47)48)38-24-11-13-27-42(38)49(35-20-6-3-7-21-35)41-26-12-10-23-37(41)39-32-31-33-17-8-9-22-36(33)46(39)49/h2-32H,1H3. The summed E-state index contributed by atoms with van der Waals surface area (Å²) in [4.78, 5) is 0. The maximum atomic E-state index is 7.05. The van der Waals surface area contributed by atoms with Gasteiger partial charge in [0.05, 0.1) is 5.41 Å². The van der Waals surface area contributed by atoms with E-state index < -0.39 is 10.8 Å². The van der Waals surface area contributed by atoms with Crippen LogP contribution in [0.25, 0.3) is 33.0 Å². The van der Waals surface area contributed by atoms with Crippen LogP contribution < -0.4 is 4.74 Å². The molecule has 0 saturated heterocycles. The van der Waals surface area contributed by atoms with Crippen LogP contribution in [0, 0.1) is 0 Å². The van der Waals surface area contributed by atoms with Crippen molar-refractivity contribution in [2.75, 3.05) is 0 Å². The van der Waals surface area contributed by atoms with Gasteiger partial charge in [-0.2, -0.15) is 0 Å². The van der Waals surface area contributed by atoms with Crippen LogP contribution in [0.3, 0.4) is 0 Å². The number of para-hydroxylation sites is 2. The van der Waals surface area contributed by atoms with E-state index in [-0.39, 0.29) is 0 Å². The Balaban J connectivity index is 1.32. The number of rotatable bonds is 4. The Morgan fingerprint density at radius 1 is 0.380 bits per heavy atom. The van der Waals surface area contributed by atoms with Gasteiger partial charge in [-0.1, -0.05) is 182 Å². The molecule has 50 heavy (non-hydrogen) atoms. The molecule has 236 valence electrons. The third-order valence-electron chi connectivity index (χ3n) is 11.3. The normalized spacial score (nSPS) is 18.4. The first-order valence-electron chi connectivity index (χ1n) is 17.4. The molecule has 1 aliphatic heterocycles. The molecule has 0 amide bonds. The molecule has 8 aromatic carbocycles. The Hall–Kier alpha value is -6.18. The van der Waals surface area contributed by atoms with Crippen molar-refractivity contribution in [3.8, 4) is 33.8 Å². The van der Waals surface area contributed by atoms with Crippen LogP contribution in [0.15, 0.2) is 188 Å². The molecular weight excluding hydrogens is 605 g/mol. The summed E-state index contributed by atoms with van der Waals surface area (Å²) in [5.74, 6) is 1.81. The summed E-state index contributed by atoms with van der Waals surface area (Å²) in [5, 5.41) is 2.52. The van der Waals surface area contributed by atoms with Gasteiger partial charge in [-0.15, -0.1) is 0 Å². The lowest BCUT2D eigenvalue weighted by molar-refractivity contribution is 0.429. The van der Waals surface area contributed by atoms with Crippen molar-refractivity contribution in [2.45, 2.75) is 17.8 Å². The van der Waals surface area contributed by atoms with E-state index in [2.05, 4.69) is 195 Å². The second-order valence-corrected chi connectivity index (χ2v) is 13.7. The van der Waals surface area contributed by atoms with Crippen molar-refractivity contribution in [3.63, 3.8) is 0 Å². The van der Waals surface area contributed by atoms with Crippen LogP contribution in [0.1, 0.15) is 45.9 Å². The predicted octanol–water partition coefficient (Wildman–Crippen LogP) is 12.3. The van der Waals surface area contributed by atoms with Gasteiger partial charge in [-0.25, -0.2) is 0 Å². The van der Waals surface area contributed by atoms with Crippen molar-refractivity contribution in [1.82, 2.24) is 0 Å². The Bertz CT molecular complexity index is 2580. The molecular formula is C49H34O. The summed E-state index contributed by atoms with van der Waals surface area (Å²) in [6, 6.07) is 68.7. The van der Waals surface area contributed by atoms with E-state index in [4.69, 9.17) is 4.74 Å². The van der Waals surface area contributed by atoms with Crippen molar-refractivity contribution in [1.29, 1.82) is 0 Å². The molecule has 2 atom stereocenters. The highest BCUT2D eigenvalue weighted by atomic mass is 16.5. The third kappa shape index (κ3) is 3.83. The van der Waals surface area contributed by atoms with Gasteiger partial charge in [0.2, 0.25) is 0 Å². The van der Waals surface area contributed by atoms with Gasteiger partial charge in [0.1, 0.15) is 11.5 Å². The second kappa shape index (κ2) is 10.9. The maximum Gasteiger partial charge on any atom is 0.139 e. The lowest BCUT2D eigenvalue weighted by atomic mass is 9.64. The number of hydrogen-bond acceptors (Lipinski definition) is 1. The van der Waals surface area contributed by atoms with E-state index in [1.165, 1.54) is 66.4 Å². The Labute approximate surface area is 293 Å². The minimum Gasteiger partial charge on any atom is -0.456 e. The van der Waals surface area contributed by atoms with E-state index in [0.717, 1.165) is 17.1 Å². The minimum absolute atomic E-state index is 0.406. The van der Waals surface area contributed by atoms with E-state index in [1.807, 2.05) is 0 Å². The van der Waals surface area contributed by atoms with Gasteiger partial charge in [0.15, 0.2) is 0 Å². The van der Waals surface area contributed by atoms with Crippen molar-refractivity contribution in [3.05, 3.63) is 227 Å². The van der Waals surface area contributed by atoms with Crippen LogP contribution in [-0.4, -0.2) is 0 Å². The van der Waals surface area contributed by atoms with Crippen molar-refractivity contribution in [2.24, 2.45) is 0 Å². The summed E-state index contributed by atoms with van der Waals surface area (Å²) >= 11 is 0. The van der Waals surface area contributed by atoms with Crippen LogP contribution in [-0.2, 0) is 10.8 Å². The summed E-state index contributed by atoms with van der Waals surface area (Å²) in [6.07, 6.45) is 0. The average molecular weight is 639 g/mol. The highest BCUT2D eigenvalue weighted by molar-refractivity contribution is 6.01. The molecule has 1 heterocycles. The van der Waals surface area contributed by atoms with Crippen LogP contribution in [0.2, 0.25) is 0 Å². The van der Waals surface area contributed by atoms with Gasteiger partial charge in [0, 0.05) is 22.1 Å². The van der Waals surface area contributed by atoms with Crippen molar-refractivity contribution >= 4 is 10.8 Å². The highest BCUT2D eigenvalue weighted by Gasteiger charge is 2.49. The van der Waals surface area contributed by atoms with Gasteiger partial charge in [0.25, 0.3) is 0 Å². The summed E-state index contributed by atoms with van der Waals surface area (Å²) in [6.45, 7) is 2.35. The lowest BCUT2D eigenvalue weighted by Crippen LogP contribution is -2.30. The summed E-state index contributed by atoms with van der Waals surface area (Å²) < 4.78 is 7.05. The zero-order chi connectivity index (χ0) is 33.3. The summed E-state index contributed by atoms with van der Waals surface area (Å²) in [5.41, 5.74) is 12.6. The van der Waals surface area contributed by atoms with E-state index in [9.17, 15) is 0 Å². The fourth-order valence-corrected chi connectivity index (χ4v) is 9.11. The van der Waals surface area contributed by atoms with Crippen LogP contribution in [0.5, 0.6) is 11.5 Å². The monoisotopic (exact) mass is 638 g/mol. The molecule has 8 aromatic rings. The largest absolute Gasteiger partial charge is 0.456 e. The zero-order valence-electron chi connectivity index (χ0n) is 27.8. The smallest absolute Gasteiger partial charge is 0.139 e. The third-order valence-corrected chi connectivity index (χ3v) is 11.3. The van der Waals surface area contributed by atoms with Crippen LogP contribution in [0.4, 0.5) is 0 Å². The zero-order valence-corrected chi connectivity index (χ0v) is 27.8. The predicted molar refractivity (Wildman–Crippen MR) is 205 cm³/mol. The van der Waals surface area contributed by atoms with E-state index in [0.29, 0.717) is 0 Å². The SMILES string of the molecule is CC1(c2ccccc2)c2ccccc2Oc2c(-c3ccccc3C3(c4ccccc4)c4ccccc4-c4ccc5ccccc5c43)cccc21. The minimum atomic E-state index is -0.581. The highest BCUT2D eigenvalue weighted by Crippen LogP contribution is 2.61. The lowest BCUT2D eigenvalue weighted by Gasteiger charge is -2.40. The Kier molecular flexibility index (Phi) is 6.29. The molecule has 0 saturated carbocycles. The molecule has 0 fully saturated rings. The molecule has 2 unspecified atom stereocenters. The first-order valence-corrected chi connectivity index (χ1v) is 17.4. The number of benzene rings is 8. The van der Waals surface area contributed by atoms with Gasteiger partial charge in [-0.05, 0) is 68.3 Å². The Morgan fingerprint density at radius 2 is 0.920 bits per heavy atom. The molecule has 1 nitrogen and oxygen atoms in total. The average Bonchev–Trinajstić information content (AvgIpc) is 3.50.